The van der Waals surface area contributed by atoms with Crippen LogP contribution in [0.1, 0.15) is 12.0 Å². The van der Waals surface area contributed by atoms with Crippen LogP contribution in [0.25, 0.3) is 10.9 Å². The van der Waals surface area contributed by atoms with Crippen LogP contribution in [0, 0.1) is 17.8 Å². The number of rotatable bonds is 8. The van der Waals surface area contributed by atoms with E-state index in [0.29, 0.717) is 35.4 Å². The van der Waals surface area contributed by atoms with Gasteiger partial charge in [0.1, 0.15) is 12.1 Å². The van der Waals surface area contributed by atoms with Crippen molar-refractivity contribution in [2.24, 2.45) is 5.41 Å². The summed E-state index contributed by atoms with van der Waals surface area (Å²) < 4.78 is 34.5. The summed E-state index contributed by atoms with van der Waals surface area (Å²) in [6.07, 6.45) is 7.85. The Bertz CT molecular complexity index is 1360. The number of benzene rings is 2. The molecule has 2 saturated heterocycles. The van der Waals surface area contributed by atoms with E-state index >= 15 is 0 Å². The van der Waals surface area contributed by atoms with Crippen LogP contribution in [0.3, 0.4) is 0 Å². The summed E-state index contributed by atoms with van der Waals surface area (Å²) in [4.78, 5) is 11.1. The van der Waals surface area contributed by atoms with Crippen LogP contribution in [-0.2, 0) is 9.84 Å². The molecule has 1 spiro atoms. The van der Waals surface area contributed by atoms with Crippen molar-refractivity contribution < 1.29 is 17.9 Å². The Morgan fingerprint density at radius 3 is 2.74 bits per heavy atom. The highest BCUT2D eigenvalue weighted by Crippen LogP contribution is 2.41. The molecule has 0 atom stereocenters. The molecular weight excluding hydrogens is 452 g/mol. The van der Waals surface area contributed by atoms with Crippen LogP contribution in [0.4, 0.5) is 11.5 Å². The molecule has 2 fully saturated rings. The number of ether oxygens (including phenoxy) is 2. The Labute approximate surface area is 199 Å². The Hall–Kier alpha value is -3.35. The zero-order valence-electron chi connectivity index (χ0n) is 19.0. The molecule has 3 heterocycles. The number of fused-ring (bicyclic) bond motifs is 1. The lowest BCUT2D eigenvalue weighted by Gasteiger charge is -2.55. The molecule has 0 bridgehead atoms. The van der Waals surface area contributed by atoms with Gasteiger partial charge in [-0.05, 0) is 30.7 Å². The average molecular weight is 479 g/mol. The lowest BCUT2D eigenvalue weighted by molar-refractivity contribution is 0.0213. The minimum absolute atomic E-state index is 0.0182. The number of anilines is 2. The van der Waals surface area contributed by atoms with E-state index in [9.17, 15) is 8.42 Å². The molecule has 0 amide bonds. The number of methoxy groups -OCH3 is 1. The number of sulfone groups is 1. The fourth-order valence-electron chi connectivity index (χ4n) is 4.86. The topological polar surface area (TPSA) is 93.7 Å². The molecule has 3 aromatic rings. The molecule has 0 radical (unpaired) electrons. The van der Waals surface area contributed by atoms with Crippen LogP contribution in [-0.4, -0.2) is 68.1 Å². The van der Waals surface area contributed by atoms with Gasteiger partial charge in [-0.15, -0.1) is 6.42 Å². The van der Waals surface area contributed by atoms with Crippen molar-refractivity contribution in [3.63, 3.8) is 0 Å². The minimum atomic E-state index is -2.78. The van der Waals surface area contributed by atoms with E-state index in [1.165, 1.54) is 6.33 Å². The number of nitrogens with one attached hydrogen (secondary N) is 1. The van der Waals surface area contributed by atoms with E-state index in [-0.39, 0.29) is 5.41 Å². The zero-order valence-corrected chi connectivity index (χ0v) is 19.8. The van der Waals surface area contributed by atoms with Crippen LogP contribution in [0.15, 0.2) is 42.7 Å². The normalized spacial score (nSPS) is 18.0. The molecule has 9 heteroatoms. The second-order valence-electron chi connectivity index (χ2n) is 9.04. The first-order valence-electron chi connectivity index (χ1n) is 11.1. The van der Waals surface area contributed by atoms with Crippen molar-refractivity contribution in [3.8, 4) is 23.8 Å². The predicted molar refractivity (Wildman–Crippen MR) is 131 cm³/mol. The molecular formula is C25H26N4O4S. The van der Waals surface area contributed by atoms with Crippen LogP contribution in [0.2, 0.25) is 0 Å². The second kappa shape index (κ2) is 8.78. The third-order valence-electron chi connectivity index (χ3n) is 6.26. The number of hydrogen-bond donors (Lipinski definition) is 1. The molecule has 1 N–H and O–H groups in total. The highest BCUT2D eigenvalue weighted by molar-refractivity contribution is 7.92. The van der Waals surface area contributed by atoms with E-state index in [1.54, 1.807) is 7.11 Å². The predicted octanol–water partition coefficient (Wildman–Crippen LogP) is 2.86. The SMILES string of the molecule is C#Cc1cccc(Nc2ncnc3cc(OC)c(OCCCN4CC5(C4)CS(=O)(=O)C5)cc23)c1. The van der Waals surface area contributed by atoms with Gasteiger partial charge < -0.3 is 19.7 Å². The van der Waals surface area contributed by atoms with Crippen LogP contribution >= 0.6 is 0 Å². The first kappa shape index (κ1) is 22.4. The van der Waals surface area contributed by atoms with Gasteiger partial charge >= 0.3 is 0 Å². The van der Waals surface area contributed by atoms with Gasteiger partial charge in [-0.2, -0.15) is 0 Å². The highest BCUT2D eigenvalue weighted by Gasteiger charge is 2.55. The van der Waals surface area contributed by atoms with Crippen molar-refractivity contribution in [1.29, 1.82) is 0 Å². The summed E-state index contributed by atoms with van der Waals surface area (Å²) >= 11 is 0. The van der Waals surface area contributed by atoms with E-state index in [2.05, 4.69) is 26.1 Å². The third-order valence-corrected chi connectivity index (χ3v) is 8.36. The number of aromatic nitrogens is 2. The van der Waals surface area contributed by atoms with Gasteiger partial charge in [0.2, 0.25) is 0 Å². The molecule has 2 aromatic carbocycles. The molecule has 0 unspecified atom stereocenters. The minimum Gasteiger partial charge on any atom is -0.493 e. The number of nitrogens with zero attached hydrogens (tertiary/aromatic N) is 3. The number of terminal acetylenes is 1. The highest BCUT2D eigenvalue weighted by atomic mass is 32.2. The zero-order chi connectivity index (χ0) is 23.8. The van der Waals surface area contributed by atoms with Gasteiger partial charge in [-0.25, -0.2) is 18.4 Å². The van der Waals surface area contributed by atoms with E-state index in [1.807, 2.05) is 36.4 Å². The molecule has 1 aromatic heterocycles. The van der Waals surface area contributed by atoms with Crippen LogP contribution in [0.5, 0.6) is 11.5 Å². The molecule has 2 aliphatic rings. The lowest BCUT2D eigenvalue weighted by atomic mass is 9.83. The van der Waals surface area contributed by atoms with Crippen molar-refractivity contribution in [2.45, 2.75) is 6.42 Å². The fraction of sp³-hybridized carbons (Fsp3) is 0.360. The Morgan fingerprint density at radius 2 is 2.00 bits per heavy atom. The van der Waals surface area contributed by atoms with Crippen LogP contribution < -0.4 is 14.8 Å². The summed E-state index contributed by atoms with van der Waals surface area (Å²) in [6.45, 7) is 3.11. The molecule has 2 aliphatic heterocycles. The maximum absolute atomic E-state index is 11.5. The monoisotopic (exact) mass is 478 g/mol. The summed E-state index contributed by atoms with van der Waals surface area (Å²) in [5.74, 6) is 5.19. The molecule has 34 heavy (non-hydrogen) atoms. The summed E-state index contributed by atoms with van der Waals surface area (Å²) in [5, 5.41) is 4.12. The smallest absolute Gasteiger partial charge is 0.162 e. The third kappa shape index (κ3) is 4.52. The maximum atomic E-state index is 11.5. The van der Waals surface area contributed by atoms with Crippen molar-refractivity contribution >= 4 is 32.2 Å². The molecule has 8 nitrogen and oxygen atoms in total. The van der Waals surface area contributed by atoms with Gasteiger partial charge in [0.05, 0.1) is 30.7 Å². The molecule has 5 rings (SSSR count). The largest absolute Gasteiger partial charge is 0.493 e. The Balaban J connectivity index is 1.24. The standard InChI is InChI=1S/C25H26N4O4S/c1-3-18-6-4-7-19(10-18)28-24-20-11-23(22(32-2)12-21(20)26-17-27-24)33-9-5-8-29-13-25(14-29)15-34(30,31)16-25/h1,4,6-7,10-12,17H,5,8-9,13-16H2,2H3,(H,26,27,28). The van der Waals surface area contributed by atoms with Gasteiger partial charge in [-0.3, -0.25) is 0 Å². The summed E-state index contributed by atoms with van der Waals surface area (Å²) in [6, 6.07) is 11.3. The Morgan fingerprint density at radius 1 is 1.18 bits per heavy atom. The quantitative estimate of drug-likeness (QED) is 0.390. The molecule has 0 aliphatic carbocycles. The van der Waals surface area contributed by atoms with E-state index in [4.69, 9.17) is 15.9 Å². The van der Waals surface area contributed by atoms with E-state index < -0.39 is 9.84 Å². The van der Waals surface area contributed by atoms with Gasteiger partial charge in [-0.1, -0.05) is 12.0 Å². The number of hydrogen-bond acceptors (Lipinski definition) is 8. The Kier molecular flexibility index (Phi) is 5.80. The maximum Gasteiger partial charge on any atom is 0.162 e. The van der Waals surface area contributed by atoms with Crippen molar-refractivity contribution in [2.75, 3.05) is 50.2 Å². The first-order chi connectivity index (χ1) is 16.4. The fourth-order valence-corrected chi connectivity index (χ4v) is 7.01. The number of likely N-dealkylation sites (tertiary alicyclic amines) is 1. The van der Waals surface area contributed by atoms with Crippen molar-refractivity contribution in [1.82, 2.24) is 14.9 Å². The van der Waals surface area contributed by atoms with Gasteiger partial charge in [0, 0.05) is 47.8 Å². The summed E-state index contributed by atoms with van der Waals surface area (Å²) in [5.41, 5.74) is 2.36. The van der Waals surface area contributed by atoms with Gasteiger partial charge in [0.25, 0.3) is 0 Å². The lowest BCUT2D eigenvalue weighted by Crippen LogP contribution is -2.68. The molecule has 176 valence electrons. The first-order valence-corrected chi connectivity index (χ1v) is 12.9. The van der Waals surface area contributed by atoms with Crippen molar-refractivity contribution in [3.05, 3.63) is 48.3 Å². The molecule has 0 saturated carbocycles. The average Bonchev–Trinajstić information content (AvgIpc) is 2.79. The van der Waals surface area contributed by atoms with Gasteiger partial charge in [0.15, 0.2) is 21.3 Å². The van der Waals surface area contributed by atoms with E-state index in [0.717, 1.165) is 48.2 Å². The second-order valence-corrected chi connectivity index (χ2v) is 11.1. The summed E-state index contributed by atoms with van der Waals surface area (Å²) in [7, 11) is -1.17.